The zero-order chi connectivity index (χ0) is 15.3. The van der Waals surface area contributed by atoms with E-state index in [2.05, 4.69) is 9.98 Å². The van der Waals surface area contributed by atoms with Gasteiger partial charge in [0.15, 0.2) is 22.4 Å². The smallest absolute Gasteiger partial charge is 0.291 e. The molecule has 21 heavy (non-hydrogen) atoms. The number of aromatic nitrogens is 1. The predicted octanol–water partition coefficient (Wildman–Crippen LogP) is 1.90. The van der Waals surface area contributed by atoms with E-state index in [0.717, 1.165) is 0 Å². The highest BCUT2D eigenvalue weighted by atomic mass is 35.5. The van der Waals surface area contributed by atoms with Gasteiger partial charge in [0.25, 0.3) is 5.56 Å². The van der Waals surface area contributed by atoms with Crippen LogP contribution in [0.5, 0.6) is 17.2 Å². The molecule has 0 aliphatic carbocycles. The third kappa shape index (κ3) is 1.71. The minimum atomic E-state index is -0.716. The first kappa shape index (κ1) is 13.4. The van der Waals surface area contributed by atoms with Gasteiger partial charge in [0.05, 0.1) is 25.3 Å². The highest BCUT2D eigenvalue weighted by molar-refractivity contribution is 6.86. The number of aromatic amines is 1. The molecule has 0 spiro atoms. The summed E-state index contributed by atoms with van der Waals surface area (Å²) in [5.41, 5.74) is -0.228. The van der Waals surface area contributed by atoms with Gasteiger partial charge in [-0.25, -0.2) is 4.99 Å². The van der Waals surface area contributed by atoms with Gasteiger partial charge in [-0.05, 0) is 0 Å². The van der Waals surface area contributed by atoms with Gasteiger partial charge >= 0.3 is 0 Å². The maximum Gasteiger partial charge on any atom is 0.291 e. The third-order valence-corrected chi connectivity index (χ3v) is 3.53. The molecule has 0 amide bonds. The Morgan fingerprint density at radius 3 is 2.71 bits per heavy atom. The number of nitrogens with zero attached hydrogens (tertiary/aromatic N) is 1. The van der Waals surface area contributed by atoms with E-state index >= 15 is 0 Å². The number of ether oxygens (including phenoxy) is 2. The van der Waals surface area contributed by atoms with E-state index < -0.39 is 11.3 Å². The van der Waals surface area contributed by atoms with Crippen LogP contribution in [0.15, 0.2) is 15.9 Å². The lowest BCUT2D eigenvalue weighted by Gasteiger charge is -2.19. The van der Waals surface area contributed by atoms with Crippen LogP contribution in [0.3, 0.4) is 0 Å². The Balaban J connectivity index is 2.62. The highest BCUT2D eigenvalue weighted by Gasteiger charge is 2.29. The average molecular weight is 309 g/mol. The molecule has 1 aliphatic rings. The van der Waals surface area contributed by atoms with Gasteiger partial charge in [0.2, 0.25) is 0 Å². The normalized spacial score (nSPS) is 13.3. The number of H-pyrrole nitrogens is 1. The number of nitrogens with one attached hydrogen (secondary N) is 2. The Kier molecular flexibility index (Phi) is 2.87. The standard InChI is InChI=1S/C13H10ClN3O4/c1-20-5-3-4-6-7(10(18)13(19)16-4)8(15)12(14)17-9(6)11(5)21-2/h3,15,18H,1-2H3,(H,16,19)/i15+1. The Hall–Kier alpha value is -2.54. The van der Waals surface area contributed by atoms with Crippen LogP contribution in [0.1, 0.15) is 5.56 Å². The summed E-state index contributed by atoms with van der Waals surface area (Å²) in [5.74, 6) is 0.0892. The van der Waals surface area contributed by atoms with Crippen molar-refractivity contribution in [3.63, 3.8) is 0 Å². The fourth-order valence-electron chi connectivity index (χ4n) is 2.35. The molecule has 0 fully saturated rings. The van der Waals surface area contributed by atoms with Crippen molar-refractivity contribution in [1.82, 2.24) is 4.98 Å². The summed E-state index contributed by atoms with van der Waals surface area (Å²) in [6, 6.07) is 1.55. The number of hydrogen-bond acceptors (Lipinski definition) is 6. The highest BCUT2D eigenvalue weighted by Crippen LogP contribution is 2.47. The van der Waals surface area contributed by atoms with Crippen molar-refractivity contribution in [3.8, 4) is 17.2 Å². The van der Waals surface area contributed by atoms with Crippen LogP contribution in [0.4, 0.5) is 5.69 Å². The van der Waals surface area contributed by atoms with Crippen LogP contribution < -0.4 is 15.0 Å². The topological polar surface area (TPSA) is 108 Å². The molecule has 0 unspecified atom stereocenters. The molecule has 1 aromatic heterocycles. The summed E-state index contributed by atoms with van der Waals surface area (Å²) in [4.78, 5) is 18.4. The molecule has 0 bridgehead atoms. The maximum absolute atomic E-state index is 11.8. The first-order valence-corrected chi connectivity index (χ1v) is 6.24. The Morgan fingerprint density at radius 2 is 2.10 bits per heavy atom. The number of rotatable bonds is 2. The molecular weight excluding hydrogens is 299 g/mol. The van der Waals surface area contributed by atoms with Gasteiger partial charge < -0.3 is 19.6 Å². The molecule has 0 saturated heterocycles. The molecule has 8 heteroatoms. The van der Waals surface area contributed by atoms with Crippen molar-refractivity contribution in [1.29, 1.82) is 5.41 Å². The average Bonchev–Trinajstić information content (AvgIpc) is 2.46. The van der Waals surface area contributed by atoms with Crippen molar-refractivity contribution in [2.45, 2.75) is 0 Å². The number of aliphatic imine (C=N–C) groups is 1. The summed E-state index contributed by atoms with van der Waals surface area (Å²) in [5, 5.41) is 18.1. The van der Waals surface area contributed by atoms with Gasteiger partial charge in [-0.3, -0.25) is 10.2 Å². The second-order valence-corrected chi connectivity index (χ2v) is 4.70. The number of aromatic hydroxyl groups is 1. The van der Waals surface area contributed by atoms with Crippen molar-refractivity contribution in [3.05, 3.63) is 22.0 Å². The largest absolute Gasteiger partial charge is 0.503 e. The zero-order valence-electron chi connectivity index (χ0n) is 11.1. The summed E-state index contributed by atoms with van der Waals surface area (Å²) in [6.07, 6.45) is 0. The van der Waals surface area contributed by atoms with Gasteiger partial charge in [0, 0.05) is 11.5 Å². The molecule has 0 saturated carbocycles. The van der Waals surface area contributed by atoms with Gasteiger partial charge in [-0.15, -0.1) is 0 Å². The van der Waals surface area contributed by atoms with Crippen molar-refractivity contribution < 1.29 is 14.6 Å². The molecule has 0 radical (unpaired) electrons. The minimum Gasteiger partial charge on any atom is -0.503 e. The van der Waals surface area contributed by atoms with Crippen LogP contribution >= 0.6 is 11.6 Å². The number of hydrogen-bond donors (Lipinski definition) is 3. The van der Waals surface area contributed by atoms with Gasteiger partial charge in [-0.2, -0.15) is 0 Å². The van der Waals surface area contributed by atoms with Crippen molar-refractivity contribution in [2.24, 2.45) is 4.99 Å². The van der Waals surface area contributed by atoms with Gasteiger partial charge in [-0.1, -0.05) is 11.6 Å². The second-order valence-electron chi connectivity index (χ2n) is 4.34. The summed E-state index contributed by atoms with van der Waals surface area (Å²) < 4.78 is 10.5. The number of methoxy groups -OCH3 is 2. The van der Waals surface area contributed by atoms with Gasteiger partial charge in [0.1, 0.15) is 11.4 Å². The van der Waals surface area contributed by atoms with E-state index in [-0.39, 0.29) is 16.4 Å². The zero-order valence-corrected chi connectivity index (χ0v) is 11.8. The summed E-state index contributed by atoms with van der Waals surface area (Å²) in [6.45, 7) is 0. The van der Waals surface area contributed by atoms with E-state index in [1.165, 1.54) is 14.2 Å². The lowest BCUT2D eigenvalue weighted by atomic mass is 9.99. The first-order chi connectivity index (χ1) is 9.99. The third-order valence-electron chi connectivity index (χ3n) is 3.26. The molecular formula is C13H10ClN3O4. The Morgan fingerprint density at radius 1 is 1.38 bits per heavy atom. The van der Waals surface area contributed by atoms with Crippen LogP contribution in [0, 0.1) is 5.41 Å². The monoisotopic (exact) mass is 308 g/mol. The van der Waals surface area contributed by atoms with E-state index in [0.29, 0.717) is 28.1 Å². The Labute approximate surface area is 123 Å². The quantitative estimate of drug-likeness (QED) is 0.736. The Bertz CT molecular complexity index is 885. The van der Waals surface area contributed by atoms with Crippen LogP contribution in [-0.4, -0.2) is 35.2 Å². The SMILES string of the molecule is COc1cc2[nH]c(=O)c(O)c3c2c(c1OC)N=C(Cl)C3=[15NH]. The fourth-order valence-corrected chi connectivity index (χ4v) is 2.53. The molecule has 7 nitrogen and oxygen atoms in total. The van der Waals surface area contributed by atoms with Crippen molar-refractivity contribution in [2.75, 3.05) is 14.2 Å². The number of pyridine rings is 1. The summed E-state index contributed by atoms with van der Waals surface area (Å²) >= 11 is 5.93. The molecule has 108 valence electrons. The lowest BCUT2D eigenvalue weighted by Crippen LogP contribution is -2.18. The summed E-state index contributed by atoms with van der Waals surface area (Å²) in [7, 11) is 2.89. The van der Waals surface area contributed by atoms with Crippen LogP contribution in [-0.2, 0) is 0 Å². The minimum absolute atomic E-state index is 0.0321. The van der Waals surface area contributed by atoms with Crippen LogP contribution in [0.2, 0.25) is 0 Å². The molecule has 0 atom stereocenters. The van der Waals surface area contributed by atoms with E-state index in [9.17, 15) is 9.90 Å². The lowest BCUT2D eigenvalue weighted by molar-refractivity contribution is 0.356. The second kappa shape index (κ2) is 4.49. The van der Waals surface area contributed by atoms with E-state index in [4.69, 9.17) is 26.5 Å². The molecule has 3 N–H and O–H groups in total. The van der Waals surface area contributed by atoms with Crippen molar-refractivity contribution >= 4 is 39.1 Å². The molecule has 1 aliphatic heterocycles. The molecule has 2 heterocycles. The fraction of sp³-hybridized carbons (Fsp3) is 0.154. The maximum atomic E-state index is 11.8. The van der Waals surface area contributed by atoms with E-state index in [1.54, 1.807) is 6.07 Å². The van der Waals surface area contributed by atoms with E-state index in [1.807, 2.05) is 0 Å². The number of halogens is 1. The molecule has 2 aromatic rings. The number of benzene rings is 1. The predicted molar refractivity (Wildman–Crippen MR) is 79.1 cm³/mol. The molecule has 1 aromatic carbocycles. The molecule has 3 rings (SSSR count). The van der Waals surface area contributed by atoms with Crippen LogP contribution in [0.25, 0.3) is 10.9 Å². The first-order valence-electron chi connectivity index (χ1n) is 5.87.